The van der Waals surface area contributed by atoms with Gasteiger partial charge in [0.15, 0.2) is 0 Å². The maximum absolute atomic E-state index is 12.3. The predicted octanol–water partition coefficient (Wildman–Crippen LogP) is 3.37. The van der Waals surface area contributed by atoms with Gasteiger partial charge in [-0.3, -0.25) is 0 Å². The van der Waals surface area contributed by atoms with Crippen LogP contribution in [0.15, 0.2) is 18.2 Å². The van der Waals surface area contributed by atoms with Crippen LogP contribution in [0.5, 0.6) is 5.75 Å². The van der Waals surface area contributed by atoms with Gasteiger partial charge in [-0.25, -0.2) is 0 Å². The molecule has 1 aromatic rings. The molecule has 0 atom stereocenters. The molecule has 0 heterocycles. The Bertz CT molecular complexity index is 448. The van der Waals surface area contributed by atoms with Crippen molar-refractivity contribution in [1.29, 1.82) is 0 Å². The van der Waals surface area contributed by atoms with E-state index < -0.39 is 6.61 Å². The summed E-state index contributed by atoms with van der Waals surface area (Å²) in [4.78, 5) is 0. The summed E-state index contributed by atoms with van der Waals surface area (Å²) in [5.74, 6) is 0.248. The molecular formula is C14H19F2NO. The molecular weight excluding hydrogens is 236 g/mol. The second-order valence-electron chi connectivity index (χ2n) is 5.66. The third-order valence-corrected chi connectivity index (χ3v) is 3.94. The summed E-state index contributed by atoms with van der Waals surface area (Å²) in [6.45, 7) is 2.93. The summed E-state index contributed by atoms with van der Waals surface area (Å²) in [7, 11) is 0. The third-order valence-electron chi connectivity index (χ3n) is 3.94. The molecule has 1 aromatic carbocycles. The summed E-state index contributed by atoms with van der Waals surface area (Å²) < 4.78 is 29.2. The highest BCUT2D eigenvalue weighted by atomic mass is 19.3. The minimum Gasteiger partial charge on any atom is -0.435 e. The summed E-state index contributed by atoms with van der Waals surface area (Å²) in [6, 6.07) is 5.50. The van der Waals surface area contributed by atoms with E-state index in [4.69, 9.17) is 5.73 Å². The van der Waals surface area contributed by atoms with Crippen LogP contribution in [0.1, 0.15) is 37.8 Å². The van der Waals surface area contributed by atoms with Crippen molar-refractivity contribution in [3.05, 3.63) is 29.3 Å². The smallest absolute Gasteiger partial charge is 0.387 e. The normalized spacial score (nSPS) is 17.9. The van der Waals surface area contributed by atoms with E-state index in [-0.39, 0.29) is 16.7 Å². The Morgan fingerprint density at radius 3 is 2.39 bits per heavy atom. The van der Waals surface area contributed by atoms with E-state index in [1.165, 1.54) is 0 Å². The largest absolute Gasteiger partial charge is 0.435 e. The van der Waals surface area contributed by atoms with Gasteiger partial charge in [-0.1, -0.05) is 12.1 Å². The Morgan fingerprint density at radius 2 is 1.94 bits per heavy atom. The molecule has 0 aromatic heterocycles. The number of rotatable bonds is 4. The van der Waals surface area contributed by atoms with Gasteiger partial charge in [0.25, 0.3) is 0 Å². The highest BCUT2D eigenvalue weighted by Crippen LogP contribution is 2.55. The van der Waals surface area contributed by atoms with E-state index >= 15 is 0 Å². The van der Waals surface area contributed by atoms with E-state index in [0.717, 1.165) is 18.4 Å². The summed E-state index contributed by atoms with van der Waals surface area (Å²) >= 11 is 0. The fraction of sp³-hybridized carbons (Fsp3) is 0.571. The lowest BCUT2D eigenvalue weighted by molar-refractivity contribution is -0.0503. The number of nitrogens with two attached hydrogens (primary N) is 1. The second kappa shape index (κ2) is 4.19. The van der Waals surface area contributed by atoms with Crippen LogP contribution in [0.2, 0.25) is 0 Å². The molecule has 1 fully saturated rings. The lowest BCUT2D eigenvalue weighted by Crippen LogP contribution is -2.45. The van der Waals surface area contributed by atoms with Gasteiger partial charge in [0.05, 0.1) is 0 Å². The van der Waals surface area contributed by atoms with Crippen molar-refractivity contribution in [3.8, 4) is 5.75 Å². The van der Waals surface area contributed by atoms with E-state index in [2.05, 4.69) is 4.74 Å². The van der Waals surface area contributed by atoms with Crippen LogP contribution in [-0.2, 0) is 5.41 Å². The Balaban J connectivity index is 2.36. The van der Waals surface area contributed by atoms with Gasteiger partial charge in [0, 0.05) is 11.0 Å². The zero-order valence-corrected chi connectivity index (χ0v) is 11.0. The number of benzene rings is 1. The van der Waals surface area contributed by atoms with Crippen molar-refractivity contribution in [2.24, 2.45) is 5.73 Å². The summed E-state index contributed by atoms with van der Waals surface area (Å²) in [6.07, 6.45) is 1.99. The summed E-state index contributed by atoms with van der Waals surface area (Å²) in [5.41, 5.74) is 7.46. The first kappa shape index (κ1) is 13.3. The summed E-state index contributed by atoms with van der Waals surface area (Å²) in [5, 5.41) is 0. The molecule has 0 aliphatic heterocycles. The Morgan fingerprint density at radius 1 is 1.33 bits per heavy atom. The first-order chi connectivity index (χ1) is 8.26. The number of ether oxygens (including phenoxy) is 1. The maximum Gasteiger partial charge on any atom is 0.387 e. The number of halogens is 2. The molecule has 1 aliphatic carbocycles. The first-order valence-corrected chi connectivity index (χ1v) is 6.11. The van der Waals surface area contributed by atoms with Crippen LogP contribution in [-0.4, -0.2) is 12.2 Å². The molecule has 100 valence electrons. The highest BCUT2D eigenvalue weighted by Gasteiger charge is 2.53. The van der Waals surface area contributed by atoms with Crippen LogP contribution in [0, 0.1) is 6.92 Å². The van der Waals surface area contributed by atoms with Gasteiger partial charge >= 0.3 is 6.61 Å². The van der Waals surface area contributed by atoms with Crippen LogP contribution in [0.25, 0.3) is 0 Å². The minimum atomic E-state index is -2.79. The average molecular weight is 255 g/mol. The van der Waals surface area contributed by atoms with Crippen molar-refractivity contribution in [2.45, 2.75) is 51.2 Å². The first-order valence-electron chi connectivity index (χ1n) is 6.11. The van der Waals surface area contributed by atoms with Gasteiger partial charge in [-0.05, 0) is 50.8 Å². The van der Waals surface area contributed by atoms with Crippen LogP contribution in [0.3, 0.4) is 0 Å². The highest BCUT2D eigenvalue weighted by molar-refractivity contribution is 5.44. The molecule has 18 heavy (non-hydrogen) atoms. The topological polar surface area (TPSA) is 35.2 Å². The fourth-order valence-electron chi connectivity index (χ4n) is 2.55. The number of alkyl halides is 2. The van der Waals surface area contributed by atoms with Crippen molar-refractivity contribution in [2.75, 3.05) is 0 Å². The molecule has 2 nitrogen and oxygen atoms in total. The molecule has 0 saturated heterocycles. The Hall–Kier alpha value is -1.16. The average Bonchev–Trinajstić information content (AvgIpc) is 3.00. The molecule has 0 amide bonds. The zero-order valence-electron chi connectivity index (χ0n) is 11.0. The van der Waals surface area contributed by atoms with Crippen LogP contribution < -0.4 is 10.5 Å². The van der Waals surface area contributed by atoms with Crippen LogP contribution >= 0.6 is 0 Å². The predicted molar refractivity (Wildman–Crippen MR) is 67.0 cm³/mol. The maximum atomic E-state index is 12.3. The molecule has 0 radical (unpaired) electrons. The van der Waals surface area contributed by atoms with Gasteiger partial charge < -0.3 is 10.5 Å². The zero-order chi connectivity index (χ0) is 13.6. The lowest BCUT2D eigenvalue weighted by atomic mass is 9.79. The Kier molecular flexibility index (Phi) is 3.09. The van der Waals surface area contributed by atoms with Crippen molar-refractivity contribution in [1.82, 2.24) is 0 Å². The molecule has 2 N–H and O–H groups in total. The second-order valence-corrected chi connectivity index (χ2v) is 5.66. The monoisotopic (exact) mass is 255 g/mol. The molecule has 0 spiro atoms. The van der Waals surface area contributed by atoms with Gasteiger partial charge in [-0.2, -0.15) is 8.78 Å². The van der Waals surface area contributed by atoms with Crippen LogP contribution in [0.4, 0.5) is 8.78 Å². The van der Waals surface area contributed by atoms with Crippen molar-refractivity contribution in [3.63, 3.8) is 0 Å². The van der Waals surface area contributed by atoms with E-state index in [1.807, 2.05) is 26.0 Å². The lowest BCUT2D eigenvalue weighted by Gasteiger charge is -2.31. The number of hydrogen-bond donors (Lipinski definition) is 1. The van der Waals surface area contributed by atoms with Gasteiger partial charge in [0.1, 0.15) is 5.75 Å². The fourth-order valence-corrected chi connectivity index (χ4v) is 2.55. The SMILES string of the molecule is Cc1ccc(C2(C(C)(C)N)CC2)cc1OC(F)F. The molecule has 0 unspecified atom stereocenters. The third kappa shape index (κ3) is 2.21. The van der Waals surface area contributed by atoms with Gasteiger partial charge in [0.2, 0.25) is 0 Å². The minimum absolute atomic E-state index is 0.0963. The quantitative estimate of drug-likeness (QED) is 0.895. The van der Waals surface area contributed by atoms with Crippen molar-refractivity contribution < 1.29 is 13.5 Å². The standard InChI is InChI=1S/C14H19F2NO/c1-9-4-5-10(8-11(9)18-12(15)16)14(6-7-14)13(2,3)17/h4-5,8,12H,6-7,17H2,1-3H3. The number of hydrogen-bond acceptors (Lipinski definition) is 2. The molecule has 1 aliphatic rings. The van der Waals surface area contributed by atoms with E-state index in [0.29, 0.717) is 5.56 Å². The molecule has 1 saturated carbocycles. The van der Waals surface area contributed by atoms with E-state index in [9.17, 15) is 8.78 Å². The molecule has 0 bridgehead atoms. The van der Waals surface area contributed by atoms with Gasteiger partial charge in [-0.15, -0.1) is 0 Å². The number of aryl methyl sites for hydroxylation is 1. The van der Waals surface area contributed by atoms with Crippen molar-refractivity contribution >= 4 is 0 Å². The molecule has 2 rings (SSSR count). The molecule has 4 heteroatoms. The van der Waals surface area contributed by atoms with E-state index in [1.54, 1.807) is 13.0 Å². The Labute approximate surface area is 106 Å².